The molecule has 0 amide bonds. The van der Waals surface area contributed by atoms with Crippen molar-refractivity contribution >= 4 is 34.3 Å². The molecule has 3 heteroatoms. The number of hydrogen-bond donors (Lipinski definition) is 0. The molecule has 0 fully saturated rings. The average molecular weight is 324 g/mol. The summed E-state index contributed by atoms with van der Waals surface area (Å²) in [5.74, 6) is 1.10. The highest BCUT2D eigenvalue weighted by molar-refractivity contribution is 8.01. The van der Waals surface area contributed by atoms with Crippen molar-refractivity contribution in [2.45, 2.75) is 17.1 Å². The zero-order valence-electron chi connectivity index (χ0n) is 12.1. The molecule has 0 aromatic heterocycles. The molecule has 0 heterocycles. The Bertz CT molecular complexity index is 549. The van der Waals surface area contributed by atoms with Gasteiger partial charge in [0.25, 0.3) is 0 Å². The van der Waals surface area contributed by atoms with Crippen molar-refractivity contribution in [3.63, 3.8) is 0 Å². The predicted octanol–water partition coefficient (Wildman–Crippen LogP) is 5.36. The fourth-order valence-corrected chi connectivity index (χ4v) is 5.07. The standard InChI is InChI=1S/C17H20ClS2/c1-13-7-9-16(10-8-13)19-12-17(20(2)3)14-5-4-6-15(18)11-14/h4-11,17H,12H2,1-3H3/q+1. The van der Waals surface area contributed by atoms with Gasteiger partial charge in [0.05, 0.1) is 18.3 Å². The first kappa shape index (κ1) is 15.8. The van der Waals surface area contributed by atoms with Gasteiger partial charge in [-0.25, -0.2) is 0 Å². The van der Waals surface area contributed by atoms with E-state index in [9.17, 15) is 0 Å². The van der Waals surface area contributed by atoms with Crippen LogP contribution in [0.3, 0.4) is 0 Å². The van der Waals surface area contributed by atoms with Crippen molar-refractivity contribution < 1.29 is 0 Å². The van der Waals surface area contributed by atoms with E-state index in [1.54, 1.807) is 0 Å². The smallest absolute Gasteiger partial charge is 0.121 e. The van der Waals surface area contributed by atoms with Crippen LogP contribution in [0.25, 0.3) is 0 Å². The van der Waals surface area contributed by atoms with Crippen molar-refractivity contribution in [1.82, 2.24) is 0 Å². The third-order valence-corrected chi connectivity index (χ3v) is 6.34. The van der Waals surface area contributed by atoms with Crippen LogP contribution < -0.4 is 0 Å². The van der Waals surface area contributed by atoms with E-state index in [2.05, 4.69) is 55.8 Å². The second-order valence-electron chi connectivity index (χ2n) is 5.05. The molecule has 0 N–H and O–H groups in total. The van der Waals surface area contributed by atoms with Crippen LogP contribution in [0.5, 0.6) is 0 Å². The van der Waals surface area contributed by atoms with E-state index in [4.69, 9.17) is 11.6 Å². The maximum atomic E-state index is 6.12. The largest absolute Gasteiger partial charge is 0.152 e. The highest BCUT2D eigenvalue weighted by atomic mass is 35.5. The van der Waals surface area contributed by atoms with E-state index >= 15 is 0 Å². The summed E-state index contributed by atoms with van der Waals surface area (Å²) in [4.78, 5) is 1.34. The Labute approximate surface area is 134 Å². The van der Waals surface area contributed by atoms with E-state index in [0.717, 1.165) is 10.8 Å². The molecule has 0 bridgehead atoms. The first-order valence-corrected chi connectivity index (χ1v) is 10.0. The van der Waals surface area contributed by atoms with E-state index in [1.165, 1.54) is 16.0 Å². The second kappa shape index (κ2) is 7.44. The van der Waals surface area contributed by atoms with Crippen molar-refractivity contribution in [1.29, 1.82) is 0 Å². The van der Waals surface area contributed by atoms with Gasteiger partial charge in [0.15, 0.2) is 5.25 Å². The van der Waals surface area contributed by atoms with Gasteiger partial charge in [-0.15, -0.1) is 11.8 Å². The monoisotopic (exact) mass is 323 g/mol. The third kappa shape index (κ3) is 4.47. The minimum Gasteiger partial charge on any atom is -0.121 e. The maximum absolute atomic E-state index is 6.12. The summed E-state index contributed by atoms with van der Waals surface area (Å²) in [6.45, 7) is 2.12. The molecule has 0 aliphatic heterocycles. The van der Waals surface area contributed by atoms with Gasteiger partial charge in [-0.2, -0.15) is 0 Å². The van der Waals surface area contributed by atoms with E-state index < -0.39 is 0 Å². The minimum absolute atomic E-state index is 0.330. The molecule has 0 saturated heterocycles. The molecular formula is C17H20ClS2+. The molecule has 0 nitrogen and oxygen atoms in total. The van der Waals surface area contributed by atoms with Crippen LogP contribution in [0.15, 0.2) is 53.4 Å². The second-order valence-corrected chi connectivity index (χ2v) is 8.91. The van der Waals surface area contributed by atoms with Gasteiger partial charge < -0.3 is 0 Å². The molecule has 2 aromatic carbocycles. The molecule has 1 atom stereocenters. The fourth-order valence-electron chi connectivity index (χ4n) is 2.02. The lowest BCUT2D eigenvalue weighted by atomic mass is 10.2. The topological polar surface area (TPSA) is 0 Å². The Morgan fingerprint density at radius 2 is 1.80 bits per heavy atom. The summed E-state index contributed by atoms with van der Waals surface area (Å²) in [5, 5.41) is 1.39. The third-order valence-electron chi connectivity index (χ3n) is 3.21. The first-order valence-electron chi connectivity index (χ1n) is 6.57. The summed E-state index contributed by atoms with van der Waals surface area (Å²) in [5.41, 5.74) is 2.66. The van der Waals surface area contributed by atoms with Gasteiger partial charge in [0.2, 0.25) is 0 Å². The van der Waals surface area contributed by atoms with Crippen LogP contribution >= 0.6 is 23.4 Å². The number of hydrogen-bond acceptors (Lipinski definition) is 1. The quantitative estimate of drug-likeness (QED) is 0.527. The summed E-state index contributed by atoms with van der Waals surface area (Å²) in [6.07, 6.45) is 4.61. The summed E-state index contributed by atoms with van der Waals surface area (Å²) in [6, 6.07) is 17.1. The number of thioether (sulfide) groups is 1. The lowest BCUT2D eigenvalue weighted by molar-refractivity contribution is 1.10. The van der Waals surface area contributed by atoms with Gasteiger partial charge in [-0.3, -0.25) is 0 Å². The van der Waals surface area contributed by atoms with Gasteiger partial charge in [-0.1, -0.05) is 41.4 Å². The lowest BCUT2D eigenvalue weighted by Gasteiger charge is -2.14. The van der Waals surface area contributed by atoms with Crippen molar-refractivity contribution in [3.05, 3.63) is 64.7 Å². The summed E-state index contributed by atoms with van der Waals surface area (Å²) >= 11 is 8.05. The van der Waals surface area contributed by atoms with Crippen LogP contribution in [-0.4, -0.2) is 18.3 Å². The molecule has 0 aliphatic rings. The normalized spacial score (nSPS) is 12.7. The highest BCUT2D eigenvalue weighted by Crippen LogP contribution is 2.31. The Morgan fingerprint density at radius 1 is 1.10 bits per heavy atom. The molecule has 0 saturated carbocycles. The summed E-state index contributed by atoms with van der Waals surface area (Å²) in [7, 11) is 0.330. The summed E-state index contributed by atoms with van der Waals surface area (Å²) < 4.78 is 0. The van der Waals surface area contributed by atoms with E-state index in [-0.39, 0.29) is 0 Å². The molecule has 2 aromatic rings. The van der Waals surface area contributed by atoms with Crippen LogP contribution in [0.1, 0.15) is 16.4 Å². The van der Waals surface area contributed by atoms with E-state index in [1.807, 2.05) is 23.9 Å². The Hall–Kier alpha value is -0.570. The lowest BCUT2D eigenvalue weighted by Crippen LogP contribution is -2.13. The molecule has 1 unspecified atom stereocenters. The zero-order valence-corrected chi connectivity index (χ0v) is 14.5. The minimum atomic E-state index is 0.330. The van der Waals surface area contributed by atoms with Crippen LogP contribution in [-0.2, 0) is 10.9 Å². The van der Waals surface area contributed by atoms with Crippen molar-refractivity contribution in [2.24, 2.45) is 0 Å². The fraction of sp³-hybridized carbons (Fsp3) is 0.294. The number of halogens is 1. The van der Waals surface area contributed by atoms with Gasteiger partial charge in [0.1, 0.15) is 0 Å². The highest BCUT2D eigenvalue weighted by Gasteiger charge is 2.24. The van der Waals surface area contributed by atoms with Crippen LogP contribution in [0.2, 0.25) is 5.02 Å². The molecule has 20 heavy (non-hydrogen) atoms. The molecule has 106 valence electrons. The van der Waals surface area contributed by atoms with Crippen LogP contribution in [0.4, 0.5) is 0 Å². The number of aryl methyl sites for hydroxylation is 1. The van der Waals surface area contributed by atoms with Gasteiger partial charge >= 0.3 is 0 Å². The Morgan fingerprint density at radius 3 is 2.40 bits per heavy atom. The predicted molar refractivity (Wildman–Crippen MR) is 95.3 cm³/mol. The van der Waals surface area contributed by atoms with E-state index in [0.29, 0.717) is 16.1 Å². The Balaban J connectivity index is 2.08. The SMILES string of the molecule is Cc1ccc(SCC(c2cccc(Cl)c2)[S+](C)C)cc1. The molecule has 0 spiro atoms. The average Bonchev–Trinajstić information content (AvgIpc) is 2.41. The van der Waals surface area contributed by atoms with Crippen LogP contribution in [0, 0.1) is 6.92 Å². The molecular weight excluding hydrogens is 304 g/mol. The number of benzene rings is 2. The molecule has 0 aliphatic carbocycles. The Kier molecular flexibility index (Phi) is 5.88. The molecule has 0 radical (unpaired) electrons. The zero-order chi connectivity index (χ0) is 14.5. The first-order chi connectivity index (χ1) is 9.56. The van der Waals surface area contributed by atoms with Gasteiger partial charge in [0, 0.05) is 15.5 Å². The maximum Gasteiger partial charge on any atom is 0.152 e. The van der Waals surface area contributed by atoms with Gasteiger partial charge in [-0.05, 0) is 42.1 Å². The van der Waals surface area contributed by atoms with Crippen molar-refractivity contribution in [3.8, 4) is 0 Å². The molecule has 2 rings (SSSR count). The number of rotatable bonds is 5. The van der Waals surface area contributed by atoms with Crippen molar-refractivity contribution in [2.75, 3.05) is 18.3 Å².